The first-order chi connectivity index (χ1) is 5.27. The molecule has 0 fully saturated rings. The van der Waals surface area contributed by atoms with Gasteiger partial charge in [-0.2, -0.15) is 0 Å². The number of rotatable bonds is 7. The Morgan fingerprint density at radius 2 is 1.92 bits per heavy atom. The van der Waals surface area contributed by atoms with Crippen LogP contribution in [0.1, 0.15) is 39.5 Å². The van der Waals surface area contributed by atoms with Gasteiger partial charge in [-0.15, -0.1) is 19.0 Å². The van der Waals surface area contributed by atoms with Crippen LogP contribution in [0.25, 0.3) is 0 Å². The van der Waals surface area contributed by atoms with Gasteiger partial charge in [0, 0.05) is 0 Å². The Bertz CT molecular complexity index is 102. The summed E-state index contributed by atoms with van der Waals surface area (Å²) in [4.78, 5) is 0. The van der Waals surface area contributed by atoms with E-state index >= 15 is 0 Å². The van der Waals surface area contributed by atoms with Crippen molar-refractivity contribution in [2.75, 3.05) is 13.1 Å². The van der Waals surface area contributed by atoms with Crippen molar-refractivity contribution >= 4 is 12.4 Å². The van der Waals surface area contributed by atoms with E-state index in [4.69, 9.17) is 0 Å². The Hall–Kier alpha value is -0.0100. The fraction of sp³-hybridized carbons (Fsp3) is 0.800. The van der Waals surface area contributed by atoms with Gasteiger partial charge in [0.1, 0.15) is 0 Å². The number of hydrogen-bond acceptors (Lipinski definition) is 1. The second-order valence-electron chi connectivity index (χ2n) is 3.16. The predicted molar refractivity (Wildman–Crippen MR) is 59.1 cm³/mol. The van der Waals surface area contributed by atoms with E-state index in [1.165, 1.54) is 31.4 Å². The molecule has 0 spiro atoms. The molecule has 0 aromatic rings. The van der Waals surface area contributed by atoms with E-state index in [1.54, 1.807) is 0 Å². The topological polar surface area (TPSA) is 12.0 Å². The van der Waals surface area contributed by atoms with Crippen molar-refractivity contribution in [2.24, 2.45) is 0 Å². The molecule has 0 aromatic heterocycles. The minimum Gasteiger partial charge on any atom is -0.316 e. The zero-order valence-electron chi connectivity index (χ0n) is 8.36. The largest absolute Gasteiger partial charge is 0.316 e. The highest BCUT2D eigenvalue weighted by Gasteiger charge is 1.87. The van der Waals surface area contributed by atoms with Gasteiger partial charge in [-0.1, -0.05) is 25.3 Å². The van der Waals surface area contributed by atoms with Crippen molar-refractivity contribution in [3.05, 3.63) is 12.2 Å². The van der Waals surface area contributed by atoms with Crippen LogP contribution in [0.15, 0.2) is 12.2 Å². The summed E-state index contributed by atoms with van der Waals surface area (Å²) >= 11 is 0. The first-order valence-corrected chi connectivity index (χ1v) is 4.62. The normalized spacial score (nSPS) is 9.17. The molecule has 0 radical (unpaired) electrons. The lowest BCUT2D eigenvalue weighted by Crippen LogP contribution is -2.16. The zero-order valence-corrected chi connectivity index (χ0v) is 9.17. The van der Waals surface area contributed by atoms with E-state index in [2.05, 4.69) is 25.7 Å². The molecule has 0 amide bonds. The summed E-state index contributed by atoms with van der Waals surface area (Å²) in [6, 6.07) is 0. The first kappa shape index (κ1) is 14.5. The Morgan fingerprint density at radius 3 is 2.42 bits per heavy atom. The van der Waals surface area contributed by atoms with Crippen molar-refractivity contribution in [1.82, 2.24) is 5.32 Å². The molecule has 1 nitrogen and oxygen atoms in total. The standard InChI is InChI=1S/C10H21N.ClH/c1-4-5-6-8-11-9-7-10(2)3;/h11H,2,4-9H2,1,3H3;1H. The van der Waals surface area contributed by atoms with Crippen LogP contribution in [0.5, 0.6) is 0 Å². The average molecular weight is 192 g/mol. The van der Waals surface area contributed by atoms with Crippen LogP contribution in [0.3, 0.4) is 0 Å². The number of hydrogen-bond donors (Lipinski definition) is 1. The highest BCUT2D eigenvalue weighted by molar-refractivity contribution is 5.85. The summed E-state index contributed by atoms with van der Waals surface area (Å²) in [5, 5.41) is 3.39. The maximum atomic E-state index is 3.85. The van der Waals surface area contributed by atoms with Crippen molar-refractivity contribution < 1.29 is 0 Å². The molecule has 0 rings (SSSR count). The summed E-state index contributed by atoms with van der Waals surface area (Å²) in [5.74, 6) is 0. The third-order valence-corrected chi connectivity index (χ3v) is 1.69. The molecule has 0 unspecified atom stereocenters. The molecule has 0 bridgehead atoms. The van der Waals surface area contributed by atoms with E-state index in [0.29, 0.717) is 0 Å². The summed E-state index contributed by atoms with van der Waals surface area (Å²) in [5.41, 5.74) is 1.27. The van der Waals surface area contributed by atoms with Crippen molar-refractivity contribution in [1.29, 1.82) is 0 Å². The van der Waals surface area contributed by atoms with Gasteiger partial charge in [0.2, 0.25) is 0 Å². The fourth-order valence-corrected chi connectivity index (χ4v) is 0.927. The molecule has 0 saturated heterocycles. The van der Waals surface area contributed by atoms with Crippen molar-refractivity contribution in [2.45, 2.75) is 39.5 Å². The smallest absolute Gasteiger partial charge is 0.00118 e. The van der Waals surface area contributed by atoms with E-state index in [1.807, 2.05) is 0 Å². The molecule has 12 heavy (non-hydrogen) atoms. The minimum atomic E-state index is 0. The second kappa shape index (κ2) is 11.0. The van der Waals surface area contributed by atoms with Crippen LogP contribution in [0.4, 0.5) is 0 Å². The first-order valence-electron chi connectivity index (χ1n) is 4.62. The molecule has 0 heterocycles. The SMILES string of the molecule is C=C(C)CCNCCCCC.Cl. The highest BCUT2D eigenvalue weighted by Crippen LogP contribution is 1.94. The molecule has 0 aliphatic heterocycles. The van der Waals surface area contributed by atoms with Gasteiger partial charge >= 0.3 is 0 Å². The average Bonchev–Trinajstić information content (AvgIpc) is 1.96. The quantitative estimate of drug-likeness (QED) is 0.482. The molecule has 0 saturated carbocycles. The van der Waals surface area contributed by atoms with Crippen LogP contribution >= 0.6 is 12.4 Å². The highest BCUT2D eigenvalue weighted by atomic mass is 35.5. The van der Waals surface area contributed by atoms with Gasteiger partial charge in [-0.3, -0.25) is 0 Å². The zero-order chi connectivity index (χ0) is 8.53. The van der Waals surface area contributed by atoms with Crippen LogP contribution in [-0.2, 0) is 0 Å². The maximum Gasteiger partial charge on any atom is -0.00118 e. The van der Waals surface area contributed by atoms with Crippen LogP contribution < -0.4 is 5.32 Å². The Morgan fingerprint density at radius 1 is 1.25 bits per heavy atom. The van der Waals surface area contributed by atoms with E-state index < -0.39 is 0 Å². The fourth-order valence-electron chi connectivity index (χ4n) is 0.927. The molecule has 1 N–H and O–H groups in total. The number of unbranched alkanes of at least 4 members (excludes halogenated alkanes) is 2. The van der Waals surface area contributed by atoms with Gasteiger partial charge in [-0.25, -0.2) is 0 Å². The second-order valence-corrected chi connectivity index (χ2v) is 3.16. The Labute approximate surface area is 83.0 Å². The summed E-state index contributed by atoms with van der Waals surface area (Å²) in [6.45, 7) is 10.4. The van der Waals surface area contributed by atoms with E-state index in [9.17, 15) is 0 Å². The summed E-state index contributed by atoms with van der Waals surface area (Å²) in [7, 11) is 0. The molecule has 0 aliphatic carbocycles. The monoisotopic (exact) mass is 191 g/mol. The van der Waals surface area contributed by atoms with Crippen LogP contribution in [0, 0.1) is 0 Å². The molecule has 0 atom stereocenters. The maximum absolute atomic E-state index is 3.85. The molecular formula is C10H22ClN. The Kier molecular flexibility index (Phi) is 13.3. The predicted octanol–water partition coefficient (Wildman–Crippen LogP) is 3.15. The van der Waals surface area contributed by atoms with Gasteiger partial charge in [-0.05, 0) is 32.9 Å². The van der Waals surface area contributed by atoms with Crippen LogP contribution in [0.2, 0.25) is 0 Å². The molecule has 74 valence electrons. The molecule has 0 aromatic carbocycles. The molecule has 2 heteroatoms. The molecular weight excluding hydrogens is 170 g/mol. The lowest BCUT2D eigenvalue weighted by molar-refractivity contribution is 0.616. The summed E-state index contributed by atoms with van der Waals surface area (Å²) in [6.07, 6.45) is 5.08. The molecule has 0 aliphatic rings. The van der Waals surface area contributed by atoms with Crippen molar-refractivity contribution in [3.8, 4) is 0 Å². The van der Waals surface area contributed by atoms with E-state index in [-0.39, 0.29) is 12.4 Å². The third kappa shape index (κ3) is 12.6. The minimum absolute atomic E-state index is 0. The van der Waals surface area contributed by atoms with Gasteiger partial charge < -0.3 is 5.32 Å². The van der Waals surface area contributed by atoms with Gasteiger partial charge in [0.15, 0.2) is 0 Å². The van der Waals surface area contributed by atoms with Crippen molar-refractivity contribution in [3.63, 3.8) is 0 Å². The summed E-state index contributed by atoms with van der Waals surface area (Å²) < 4.78 is 0. The lowest BCUT2D eigenvalue weighted by atomic mass is 10.2. The van der Waals surface area contributed by atoms with E-state index in [0.717, 1.165) is 13.0 Å². The van der Waals surface area contributed by atoms with Gasteiger partial charge in [0.05, 0.1) is 0 Å². The number of halogens is 1. The lowest BCUT2D eigenvalue weighted by Gasteiger charge is -2.02. The third-order valence-electron chi connectivity index (χ3n) is 1.69. The number of nitrogens with one attached hydrogen (secondary N) is 1. The van der Waals surface area contributed by atoms with Gasteiger partial charge in [0.25, 0.3) is 0 Å². The Balaban J connectivity index is 0. The van der Waals surface area contributed by atoms with Crippen LogP contribution in [-0.4, -0.2) is 13.1 Å².